The maximum Gasteiger partial charge on any atom is 0.230 e. The molecule has 0 atom stereocenters. The molecule has 2 aromatic rings. The summed E-state index contributed by atoms with van der Waals surface area (Å²) in [6.45, 7) is 2.06. The molecule has 0 saturated heterocycles. The van der Waals surface area contributed by atoms with Gasteiger partial charge in [0, 0.05) is 18.0 Å². The van der Waals surface area contributed by atoms with Gasteiger partial charge in [-0.15, -0.1) is 0 Å². The van der Waals surface area contributed by atoms with Crippen molar-refractivity contribution in [2.45, 2.75) is 13.3 Å². The van der Waals surface area contributed by atoms with E-state index in [4.69, 9.17) is 0 Å². The lowest BCUT2D eigenvalue weighted by Crippen LogP contribution is -2.06. The fraction of sp³-hybridized carbons (Fsp3) is 0.154. The number of carbonyl (C=O) groups excluding carboxylic acids is 1. The summed E-state index contributed by atoms with van der Waals surface area (Å²) in [5.41, 5.74) is 1.78. The molecule has 0 aliphatic heterocycles. The van der Waals surface area contributed by atoms with E-state index in [2.05, 4.69) is 16.9 Å². The molecule has 0 amide bonds. The molecule has 0 aliphatic rings. The number of hydrogen-bond acceptors (Lipinski definition) is 3. The normalized spacial score (nSPS) is 10.1. The molecule has 0 unspecified atom stereocenters. The van der Waals surface area contributed by atoms with E-state index in [1.807, 2.05) is 18.2 Å². The second-order valence-corrected chi connectivity index (χ2v) is 3.46. The van der Waals surface area contributed by atoms with Gasteiger partial charge in [0.1, 0.15) is 0 Å². The maximum absolute atomic E-state index is 12.0. The monoisotopic (exact) mass is 212 g/mol. The van der Waals surface area contributed by atoms with Gasteiger partial charge in [-0.25, -0.2) is 9.97 Å². The van der Waals surface area contributed by atoms with Crippen LogP contribution in [0.5, 0.6) is 0 Å². The molecule has 1 aromatic carbocycles. The number of ketones is 1. The summed E-state index contributed by atoms with van der Waals surface area (Å²) in [5.74, 6) is 0.117. The second kappa shape index (κ2) is 4.66. The third-order valence-electron chi connectivity index (χ3n) is 2.37. The van der Waals surface area contributed by atoms with Crippen LogP contribution in [0.15, 0.2) is 42.7 Å². The molecule has 2 rings (SSSR count). The van der Waals surface area contributed by atoms with E-state index in [1.165, 1.54) is 0 Å². The van der Waals surface area contributed by atoms with Gasteiger partial charge in [0.25, 0.3) is 0 Å². The Morgan fingerprint density at radius 2 is 1.94 bits per heavy atom. The van der Waals surface area contributed by atoms with Crippen molar-refractivity contribution in [1.82, 2.24) is 9.97 Å². The number of aromatic nitrogens is 2. The molecular weight excluding hydrogens is 200 g/mol. The molecule has 0 radical (unpaired) electrons. The lowest BCUT2D eigenvalue weighted by atomic mass is 10.1. The van der Waals surface area contributed by atoms with Gasteiger partial charge in [-0.3, -0.25) is 4.79 Å². The van der Waals surface area contributed by atoms with E-state index in [9.17, 15) is 4.79 Å². The van der Waals surface area contributed by atoms with Gasteiger partial charge in [-0.2, -0.15) is 0 Å². The zero-order chi connectivity index (χ0) is 11.4. The summed E-state index contributed by atoms with van der Waals surface area (Å²) in [6.07, 6.45) is 4.06. The van der Waals surface area contributed by atoms with Crippen LogP contribution < -0.4 is 0 Å². The van der Waals surface area contributed by atoms with Crippen molar-refractivity contribution in [3.63, 3.8) is 0 Å². The predicted octanol–water partition coefficient (Wildman–Crippen LogP) is 2.27. The van der Waals surface area contributed by atoms with Crippen LogP contribution in [-0.4, -0.2) is 15.8 Å². The molecular formula is C13H12N2O. The highest BCUT2D eigenvalue weighted by Gasteiger charge is 2.11. The van der Waals surface area contributed by atoms with Crippen LogP contribution in [0.4, 0.5) is 0 Å². The van der Waals surface area contributed by atoms with Crippen LogP contribution in [0.1, 0.15) is 28.7 Å². The van der Waals surface area contributed by atoms with Crippen molar-refractivity contribution >= 4 is 5.78 Å². The van der Waals surface area contributed by atoms with E-state index in [0.717, 1.165) is 12.0 Å². The molecule has 0 fully saturated rings. The van der Waals surface area contributed by atoms with Crippen LogP contribution in [-0.2, 0) is 6.42 Å². The molecule has 0 aliphatic carbocycles. The first-order chi connectivity index (χ1) is 7.81. The predicted molar refractivity (Wildman–Crippen MR) is 61.3 cm³/mol. The van der Waals surface area contributed by atoms with Crippen molar-refractivity contribution in [2.75, 3.05) is 0 Å². The lowest BCUT2D eigenvalue weighted by Gasteiger charge is -2.01. The minimum absolute atomic E-state index is 0.129. The Kier molecular flexibility index (Phi) is 3.05. The maximum atomic E-state index is 12.0. The zero-order valence-electron chi connectivity index (χ0n) is 9.05. The summed E-state index contributed by atoms with van der Waals surface area (Å²) < 4.78 is 0. The number of carbonyl (C=O) groups is 1. The summed E-state index contributed by atoms with van der Waals surface area (Å²) in [5, 5.41) is 0. The van der Waals surface area contributed by atoms with E-state index in [-0.39, 0.29) is 11.6 Å². The molecule has 80 valence electrons. The quantitative estimate of drug-likeness (QED) is 0.733. The van der Waals surface area contributed by atoms with Crippen molar-refractivity contribution in [3.05, 3.63) is 59.7 Å². The molecule has 3 nitrogen and oxygen atoms in total. The fourth-order valence-corrected chi connectivity index (χ4v) is 1.48. The third kappa shape index (κ3) is 2.14. The van der Waals surface area contributed by atoms with Gasteiger partial charge >= 0.3 is 0 Å². The highest BCUT2D eigenvalue weighted by molar-refractivity contribution is 6.06. The zero-order valence-corrected chi connectivity index (χ0v) is 9.05. The van der Waals surface area contributed by atoms with Crippen LogP contribution in [0, 0.1) is 0 Å². The SMILES string of the molecule is CCc1cccc(C(=O)c2ncccn2)c1. The van der Waals surface area contributed by atoms with E-state index in [0.29, 0.717) is 5.56 Å². The lowest BCUT2D eigenvalue weighted by molar-refractivity contribution is 0.102. The average Bonchev–Trinajstić information content (AvgIpc) is 2.39. The van der Waals surface area contributed by atoms with Crippen LogP contribution >= 0.6 is 0 Å². The van der Waals surface area contributed by atoms with Crippen molar-refractivity contribution in [2.24, 2.45) is 0 Å². The van der Waals surface area contributed by atoms with Gasteiger partial charge in [0.15, 0.2) is 0 Å². The highest BCUT2D eigenvalue weighted by Crippen LogP contribution is 2.09. The Morgan fingerprint density at radius 3 is 2.62 bits per heavy atom. The summed E-state index contributed by atoms with van der Waals surface area (Å²) >= 11 is 0. The highest BCUT2D eigenvalue weighted by atomic mass is 16.1. The number of nitrogens with zero attached hydrogens (tertiary/aromatic N) is 2. The molecule has 0 saturated carbocycles. The average molecular weight is 212 g/mol. The molecule has 1 aromatic heterocycles. The minimum Gasteiger partial charge on any atom is -0.285 e. The van der Waals surface area contributed by atoms with Crippen molar-refractivity contribution < 1.29 is 4.79 Å². The van der Waals surface area contributed by atoms with E-state index >= 15 is 0 Å². The van der Waals surface area contributed by atoms with Gasteiger partial charge in [-0.1, -0.05) is 25.1 Å². The van der Waals surface area contributed by atoms with Crippen LogP contribution in [0.25, 0.3) is 0 Å². The number of aryl methyl sites for hydroxylation is 1. The minimum atomic E-state index is -0.129. The third-order valence-corrected chi connectivity index (χ3v) is 2.37. The Labute approximate surface area is 94.2 Å². The summed E-state index contributed by atoms with van der Waals surface area (Å²) in [6, 6.07) is 9.26. The molecule has 3 heteroatoms. The Bertz CT molecular complexity index is 494. The molecule has 0 N–H and O–H groups in total. The van der Waals surface area contributed by atoms with Gasteiger partial charge in [0.05, 0.1) is 0 Å². The summed E-state index contributed by atoms with van der Waals surface area (Å²) in [7, 11) is 0. The smallest absolute Gasteiger partial charge is 0.230 e. The number of hydrogen-bond donors (Lipinski definition) is 0. The van der Waals surface area contributed by atoms with Gasteiger partial charge in [-0.05, 0) is 24.1 Å². The standard InChI is InChI=1S/C13H12N2O/c1-2-10-5-3-6-11(9-10)12(16)13-14-7-4-8-15-13/h3-9H,2H2,1H3. The Morgan fingerprint density at radius 1 is 1.19 bits per heavy atom. The molecule has 16 heavy (non-hydrogen) atoms. The largest absolute Gasteiger partial charge is 0.285 e. The first-order valence-electron chi connectivity index (χ1n) is 5.22. The first-order valence-corrected chi connectivity index (χ1v) is 5.22. The van der Waals surface area contributed by atoms with E-state index in [1.54, 1.807) is 24.5 Å². The van der Waals surface area contributed by atoms with E-state index < -0.39 is 0 Å². The topological polar surface area (TPSA) is 42.9 Å². The molecule has 0 bridgehead atoms. The Balaban J connectivity index is 2.34. The second-order valence-electron chi connectivity index (χ2n) is 3.46. The number of benzene rings is 1. The van der Waals surface area contributed by atoms with Crippen molar-refractivity contribution in [1.29, 1.82) is 0 Å². The van der Waals surface area contributed by atoms with Gasteiger partial charge in [0.2, 0.25) is 11.6 Å². The summed E-state index contributed by atoms with van der Waals surface area (Å²) in [4.78, 5) is 19.9. The molecule has 0 spiro atoms. The van der Waals surface area contributed by atoms with Crippen molar-refractivity contribution in [3.8, 4) is 0 Å². The van der Waals surface area contributed by atoms with Crippen LogP contribution in [0.3, 0.4) is 0 Å². The first kappa shape index (κ1) is 10.5. The Hall–Kier alpha value is -2.03. The van der Waals surface area contributed by atoms with Gasteiger partial charge < -0.3 is 0 Å². The number of rotatable bonds is 3. The molecule has 1 heterocycles. The fourth-order valence-electron chi connectivity index (χ4n) is 1.48. The van der Waals surface area contributed by atoms with Crippen LogP contribution in [0.2, 0.25) is 0 Å².